The molecule has 0 radical (unpaired) electrons. The highest BCUT2D eigenvalue weighted by Gasteiger charge is 2.15. The molecule has 0 bridgehead atoms. The van der Waals surface area contributed by atoms with Crippen molar-refractivity contribution in [1.29, 1.82) is 0 Å². The van der Waals surface area contributed by atoms with Gasteiger partial charge in [-0.15, -0.1) is 0 Å². The lowest BCUT2D eigenvalue weighted by Crippen LogP contribution is -2.16. The Balaban J connectivity index is 2.30. The van der Waals surface area contributed by atoms with Crippen molar-refractivity contribution in [3.05, 3.63) is 34.3 Å². The molecule has 1 amide bonds. The molecule has 1 aromatic heterocycles. The summed E-state index contributed by atoms with van der Waals surface area (Å²) >= 11 is 3.11. The molecule has 2 rings (SSSR count). The number of hydrogen-bond acceptors (Lipinski definition) is 4. The van der Waals surface area contributed by atoms with E-state index in [1.807, 2.05) is 0 Å². The molecule has 1 heterocycles. The lowest BCUT2D eigenvalue weighted by atomic mass is 10.2. The fraction of sp³-hybridized carbons (Fsp3) is 0.100. The Bertz CT molecular complexity index is 612. The van der Waals surface area contributed by atoms with Crippen LogP contribution >= 0.6 is 15.9 Å². The second-order valence-corrected chi connectivity index (χ2v) is 4.37. The van der Waals surface area contributed by atoms with Crippen LogP contribution in [0.3, 0.4) is 0 Å². The number of nitrogens with one attached hydrogen (secondary N) is 1. The molecule has 0 unspecified atom stereocenters. The van der Waals surface area contributed by atoms with E-state index in [1.165, 1.54) is 17.1 Å². The number of benzene rings is 1. The second kappa shape index (κ2) is 4.73. The number of carbonyl (C=O) groups excluding carboxylic acids is 1. The maximum absolute atomic E-state index is 13.2. The quantitative estimate of drug-likeness (QED) is 0.824. The molecule has 6 nitrogen and oxygen atoms in total. The Kier molecular flexibility index (Phi) is 3.28. The highest BCUT2D eigenvalue weighted by molar-refractivity contribution is 9.10. The van der Waals surface area contributed by atoms with Gasteiger partial charge in [0.15, 0.2) is 0 Å². The van der Waals surface area contributed by atoms with Crippen molar-refractivity contribution in [3.63, 3.8) is 0 Å². The highest BCUT2D eigenvalue weighted by Crippen LogP contribution is 2.23. The summed E-state index contributed by atoms with van der Waals surface area (Å²) in [5, 5.41) is 6.35. The average molecular weight is 314 g/mol. The van der Waals surface area contributed by atoms with Gasteiger partial charge in [-0.25, -0.2) is 9.07 Å². The number of aromatic nitrogens is 3. The summed E-state index contributed by atoms with van der Waals surface area (Å²) in [7, 11) is 1.64. The predicted molar refractivity (Wildman–Crippen MR) is 67.5 cm³/mol. The smallest absolute Gasteiger partial charge is 0.259 e. The number of amides is 1. The van der Waals surface area contributed by atoms with E-state index >= 15 is 0 Å². The standard InChI is InChI=1S/C10H9BrFN5O/c1-17-10(14-4-15-17)16-9(18)5-2-8(13)7(12)3-6(5)11/h2-4H,13H2,1H3,(H,14,15,16,18). The molecule has 8 heteroatoms. The van der Waals surface area contributed by atoms with Crippen molar-refractivity contribution < 1.29 is 9.18 Å². The van der Waals surface area contributed by atoms with Crippen LogP contribution in [0.2, 0.25) is 0 Å². The highest BCUT2D eigenvalue weighted by atomic mass is 79.9. The Morgan fingerprint density at radius 1 is 1.56 bits per heavy atom. The molecular formula is C10H9BrFN5O. The van der Waals surface area contributed by atoms with E-state index in [2.05, 4.69) is 31.3 Å². The van der Waals surface area contributed by atoms with Gasteiger partial charge in [0.1, 0.15) is 12.1 Å². The van der Waals surface area contributed by atoms with E-state index < -0.39 is 11.7 Å². The molecule has 0 saturated carbocycles. The van der Waals surface area contributed by atoms with Crippen molar-refractivity contribution in [3.8, 4) is 0 Å². The topological polar surface area (TPSA) is 85.8 Å². The van der Waals surface area contributed by atoms with E-state index in [0.29, 0.717) is 4.47 Å². The number of nitrogen functional groups attached to an aromatic ring is 1. The SMILES string of the molecule is Cn1ncnc1NC(=O)c1cc(N)c(F)cc1Br. The monoisotopic (exact) mass is 313 g/mol. The van der Waals surface area contributed by atoms with E-state index in [9.17, 15) is 9.18 Å². The first kappa shape index (κ1) is 12.5. The van der Waals surface area contributed by atoms with Crippen molar-refractivity contribution in [2.75, 3.05) is 11.1 Å². The van der Waals surface area contributed by atoms with Crippen LogP contribution in [0.15, 0.2) is 22.9 Å². The first-order valence-electron chi connectivity index (χ1n) is 4.89. The average Bonchev–Trinajstić information content (AvgIpc) is 2.69. The van der Waals surface area contributed by atoms with Gasteiger partial charge in [-0.1, -0.05) is 0 Å². The summed E-state index contributed by atoms with van der Waals surface area (Å²) < 4.78 is 14.9. The van der Waals surface area contributed by atoms with Gasteiger partial charge in [0.2, 0.25) is 5.95 Å². The lowest BCUT2D eigenvalue weighted by Gasteiger charge is -2.07. The normalized spacial score (nSPS) is 10.4. The molecule has 0 aliphatic carbocycles. The molecule has 0 saturated heterocycles. The van der Waals surface area contributed by atoms with Gasteiger partial charge < -0.3 is 5.73 Å². The molecule has 0 aliphatic rings. The van der Waals surface area contributed by atoms with Gasteiger partial charge in [0.05, 0.1) is 11.3 Å². The van der Waals surface area contributed by atoms with Gasteiger partial charge >= 0.3 is 0 Å². The summed E-state index contributed by atoms with van der Waals surface area (Å²) in [6.45, 7) is 0. The third-order valence-corrected chi connectivity index (χ3v) is 2.92. The Hall–Kier alpha value is -1.96. The summed E-state index contributed by atoms with van der Waals surface area (Å²) in [5.41, 5.74) is 5.54. The fourth-order valence-corrected chi connectivity index (χ4v) is 1.81. The van der Waals surface area contributed by atoms with Gasteiger partial charge in [-0.05, 0) is 28.1 Å². The number of carbonyl (C=O) groups is 1. The second-order valence-electron chi connectivity index (χ2n) is 3.51. The summed E-state index contributed by atoms with van der Waals surface area (Å²) in [4.78, 5) is 15.8. The van der Waals surface area contributed by atoms with Crippen molar-refractivity contribution in [2.24, 2.45) is 7.05 Å². The zero-order chi connectivity index (χ0) is 13.3. The number of nitrogens with two attached hydrogens (primary N) is 1. The van der Waals surface area contributed by atoms with Crippen LogP contribution in [-0.4, -0.2) is 20.7 Å². The minimum atomic E-state index is -0.586. The van der Waals surface area contributed by atoms with Crippen LogP contribution in [0.5, 0.6) is 0 Å². The Morgan fingerprint density at radius 2 is 2.28 bits per heavy atom. The minimum Gasteiger partial charge on any atom is -0.396 e. The first-order valence-corrected chi connectivity index (χ1v) is 5.68. The van der Waals surface area contributed by atoms with Gasteiger partial charge in [-0.2, -0.15) is 10.1 Å². The molecule has 18 heavy (non-hydrogen) atoms. The first-order chi connectivity index (χ1) is 8.49. The molecule has 0 fully saturated rings. The lowest BCUT2D eigenvalue weighted by molar-refractivity contribution is 0.102. The maximum Gasteiger partial charge on any atom is 0.259 e. The van der Waals surface area contributed by atoms with Crippen LogP contribution in [0.25, 0.3) is 0 Å². The van der Waals surface area contributed by atoms with Crippen molar-refractivity contribution in [1.82, 2.24) is 14.8 Å². The minimum absolute atomic E-state index is 0.0960. The Labute approximate surface area is 110 Å². The van der Waals surface area contributed by atoms with Gasteiger partial charge in [0.25, 0.3) is 5.91 Å². The van der Waals surface area contributed by atoms with Crippen LogP contribution in [-0.2, 0) is 7.05 Å². The van der Waals surface area contributed by atoms with Crippen molar-refractivity contribution >= 4 is 33.5 Å². The third-order valence-electron chi connectivity index (χ3n) is 2.27. The van der Waals surface area contributed by atoms with Crippen LogP contribution in [0.4, 0.5) is 16.0 Å². The molecular weight excluding hydrogens is 305 g/mol. The van der Waals surface area contributed by atoms with Crippen LogP contribution in [0.1, 0.15) is 10.4 Å². The number of aryl methyl sites for hydroxylation is 1. The molecule has 94 valence electrons. The molecule has 2 aromatic rings. The molecule has 0 aliphatic heterocycles. The number of rotatable bonds is 2. The van der Waals surface area contributed by atoms with E-state index in [1.54, 1.807) is 7.05 Å². The van der Waals surface area contributed by atoms with Crippen LogP contribution in [0, 0.1) is 5.82 Å². The maximum atomic E-state index is 13.2. The van der Waals surface area contributed by atoms with Crippen LogP contribution < -0.4 is 11.1 Å². The summed E-state index contributed by atoms with van der Waals surface area (Å²) in [6.07, 6.45) is 1.31. The zero-order valence-corrected chi connectivity index (χ0v) is 10.9. The molecule has 0 atom stereocenters. The molecule has 1 aromatic carbocycles. The third kappa shape index (κ3) is 2.33. The number of halogens is 2. The number of hydrogen-bond donors (Lipinski definition) is 2. The van der Waals surface area contributed by atoms with Crippen molar-refractivity contribution in [2.45, 2.75) is 0 Å². The molecule has 0 spiro atoms. The van der Waals surface area contributed by atoms with E-state index in [4.69, 9.17) is 5.73 Å². The summed E-state index contributed by atoms with van der Waals surface area (Å²) in [5.74, 6) is -0.753. The predicted octanol–water partition coefficient (Wildman–Crippen LogP) is 1.55. The largest absolute Gasteiger partial charge is 0.396 e. The number of anilines is 2. The van der Waals surface area contributed by atoms with E-state index in [0.717, 1.165) is 6.07 Å². The zero-order valence-electron chi connectivity index (χ0n) is 9.32. The van der Waals surface area contributed by atoms with Gasteiger partial charge in [0, 0.05) is 11.5 Å². The Morgan fingerprint density at radius 3 is 2.89 bits per heavy atom. The van der Waals surface area contributed by atoms with Gasteiger partial charge in [-0.3, -0.25) is 10.1 Å². The number of nitrogens with zero attached hydrogens (tertiary/aromatic N) is 3. The fourth-order valence-electron chi connectivity index (χ4n) is 1.32. The molecule has 3 N–H and O–H groups in total. The van der Waals surface area contributed by atoms with E-state index in [-0.39, 0.29) is 17.2 Å². The summed E-state index contributed by atoms with van der Waals surface area (Å²) in [6, 6.07) is 2.39.